The number of hydrogen-bond acceptors (Lipinski definition) is 7. The number of urea groups is 1. The molecular weight excluding hydrogens is 438 g/mol. The highest BCUT2D eigenvalue weighted by Crippen LogP contribution is 2.32. The highest BCUT2D eigenvalue weighted by atomic mass is 32.2. The van der Waals surface area contributed by atoms with Crippen LogP contribution in [-0.4, -0.2) is 73.4 Å². The second-order valence-corrected chi connectivity index (χ2v) is 10.3. The minimum absolute atomic E-state index is 0.0209. The molecule has 0 bridgehead atoms. The lowest BCUT2D eigenvalue weighted by Crippen LogP contribution is -2.45. The van der Waals surface area contributed by atoms with Gasteiger partial charge in [0, 0.05) is 6.54 Å². The zero-order valence-electron chi connectivity index (χ0n) is 18.7. The Bertz CT molecular complexity index is 991. The SMILES string of the molecule is CCCCOc1ccc(S(=O)(=O)N2C[C@@H](N3C(=O)NC(C)(C)C3=O)C[C@@H]2C(=O)OC)cc1. The Morgan fingerprint density at radius 1 is 1.22 bits per heavy atom. The van der Waals surface area contributed by atoms with Crippen molar-refractivity contribution < 1.29 is 32.3 Å². The molecule has 3 amide bonds. The topological polar surface area (TPSA) is 122 Å². The van der Waals surface area contributed by atoms with E-state index in [9.17, 15) is 22.8 Å². The Labute approximate surface area is 187 Å². The first kappa shape index (κ1) is 24.0. The van der Waals surface area contributed by atoms with Crippen molar-refractivity contribution in [3.63, 3.8) is 0 Å². The quantitative estimate of drug-likeness (QED) is 0.349. The third-order valence-electron chi connectivity index (χ3n) is 5.66. The molecule has 1 N–H and O–H groups in total. The Kier molecular flexibility index (Phi) is 6.80. The van der Waals surface area contributed by atoms with Gasteiger partial charge in [0.05, 0.1) is 24.7 Å². The summed E-state index contributed by atoms with van der Waals surface area (Å²) in [7, 11) is -2.94. The molecule has 0 aliphatic carbocycles. The van der Waals surface area contributed by atoms with Crippen molar-refractivity contribution in [2.45, 2.75) is 62.6 Å². The molecule has 2 fully saturated rings. The Morgan fingerprint density at radius 3 is 2.41 bits per heavy atom. The summed E-state index contributed by atoms with van der Waals surface area (Å²) in [5.41, 5.74) is -1.10. The minimum atomic E-state index is -4.10. The third-order valence-corrected chi connectivity index (χ3v) is 7.55. The number of amides is 3. The Hall–Kier alpha value is -2.66. The standard InChI is InChI=1S/C21H29N3O7S/c1-5-6-11-31-15-7-9-16(10-8-15)32(28,29)23-13-14(12-17(23)18(25)30-4)24-19(26)21(2,3)22-20(24)27/h7-10,14,17H,5-6,11-13H2,1-4H3,(H,22,27)/t14-,17+/m0/s1. The van der Waals surface area contributed by atoms with E-state index in [1.807, 2.05) is 6.92 Å². The first-order valence-corrected chi connectivity index (χ1v) is 11.9. The highest BCUT2D eigenvalue weighted by Gasteiger charge is 2.53. The van der Waals surface area contributed by atoms with Crippen molar-refractivity contribution in [1.29, 1.82) is 0 Å². The van der Waals surface area contributed by atoms with Crippen molar-refractivity contribution >= 4 is 27.9 Å². The van der Waals surface area contributed by atoms with E-state index in [0.717, 1.165) is 22.0 Å². The van der Waals surface area contributed by atoms with E-state index in [0.29, 0.717) is 12.4 Å². The molecule has 11 heteroatoms. The molecule has 2 heterocycles. The van der Waals surface area contributed by atoms with Crippen LogP contribution in [0.15, 0.2) is 29.2 Å². The number of unbranched alkanes of at least 4 members (excludes halogenated alkanes) is 1. The Morgan fingerprint density at radius 2 is 1.88 bits per heavy atom. The van der Waals surface area contributed by atoms with Gasteiger partial charge in [-0.1, -0.05) is 13.3 Å². The van der Waals surface area contributed by atoms with Crippen LogP contribution in [-0.2, 0) is 24.3 Å². The van der Waals surface area contributed by atoms with E-state index < -0.39 is 45.6 Å². The van der Waals surface area contributed by atoms with E-state index in [2.05, 4.69) is 5.32 Å². The molecule has 0 aromatic heterocycles. The van der Waals surface area contributed by atoms with Gasteiger partial charge in [-0.15, -0.1) is 0 Å². The number of methoxy groups -OCH3 is 1. The number of rotatable bonds is 8. The summed E-state index contributed by atoms with van der Waals surface area (Å²) in [6.07, 6.45) is 1.82. The first-order valence-electron chi connectivity index (χ1n) is 10.5. The van der Waals surface area contributed by atoms with E-state index in [4.69, 9.17) is 9.47 Å². The first-order chi connectivity index (χ1) is 15.0. The van der Waals surface area contributed by atoms with E-state index in [-0.39, 0.29) is 17.9 Å². The van der Waals surface area contributed by atoms with Crippen molar-refractivity contribution in [1.82, 2.24) is 14.5 Å². The fraction of sp³-hybridized carbons (Fsp3) is 0.571. The molecule has 2 atom stereocenters. The van der Waals surface area contributed by atoms with Gasteiger partial charge in [-0.2, -0.15) is 4.31 Å². The maximum atomic E-state index is 13.4. The number of sulfonamides is 1. The Balaban J connectivity index is 1.86. The number of nitrogens with zero attached hydrogens (tertiary/aromatic N) is 2. The molecule has 0 spiro atoms. The van der Waals surface area contributed by atoms with Crippen molar-refractivity contribution in [2.75, 3.05) is 20.3 Å². The maximum absolute atomic E-state index is 13.4. The lowest BCUT2D eigenvalue weighted by molar-refractivity contribution is -0.144. The smallest absolute Gasteiger partial charge is 0.325 e. The monoisotopic (exact) mass is 467 g/mol. The van der Waals surface area contributed by atoms with E-state index in [1.165, 1.54) is 19.2 Å². The fourth-order valence-electron chi connectivity index (χ4n) is 3.87. The number of carbonyl (C=O) groups is 3. The molecule has 176 valence electrons. The predicted molar refractivity (Wildman–Crippen MR) is 114 cm³/mol. The van der Waals surface area contributed by atoms with Crippen LogP contribution in [0.5, 0.6) is 5.75 Å². The van der Waals surface area contributed by atoms with Gasteiger partial charge >= 0.3 is 12.0 Å². The average Bonchev–Trinajstić information content (AvgIpc) is 3.27. The number of hydrogen-bond donors (Lipinski definition) is 1. The van der Waals surface area contributed by atoms with E-state index in [1.54, 1.807) is 26.0 Å². The lowest BCUT2D eigenvalue weighted by Gasteiger charge is -2.23. The summed E-state index contributed by atoms with van der Waals surface area (Å²) in [6, 6.07) is 3.39. The zero-order chi connectivity index (χ0) is 23.7. The van der Waals surface area contributed by atoms with Gasteiger partial charge in [-0.3, -0.25) is 14.5 Å². The van der Waals surface area contributed by atoms with Gasteiger partial charge in [0.2, 0.25) is 10.0 Å². The molecule has 2 saturated heterocycles. The van der Waals surface area contributed by atoms with Crippen molar-refractivity contribution in [3.8, 4) is 5.75 Å². The molecule has 3 rings (SSSR count). The molecule has 2 aliphatic rings. The van der Waals surface area contributed by atoms with Crippen LogP contribution in [0.4, 0.5) is 4.79 Å². The number of benzene rings is 1. The normalized spacial score (nSPS) is 23.3. The summed E-state index contributed by atoms with van der Waals surface area (Å²) in [6.45, 7) is 5.51. The second-order valence-electron chi connectivity index (χ2n) is 8.41. The van der Waals surface area contributed by atoms with Crippen LogP contribution in [0.2, 0.25) is 0 Å². The molecule has 2 aliphatic heterocycles. The maximum Gasteiger partial charge on any atom is 0.325 e. The van der Waals surface area contributed by atoms with Gasteiger partial charge < -0.3 is 14.8 Å². The summed E-state index contributed by atoms with van der Waals surface area (Å²) in [5.74, 6) is -0.673. The van der Waals surface area contributed by atoms with Gasteiger partial charge in [0.15, 0.2) is 0 Å². The van der Waals surface area contributed by atoms with Crippen LogP contribution in [0, 0.1) is 0 Å². The number of esters is 1. The summed E-state index contributed by atoms with van der Waals surface area (Å²) < 4.78 is 38.1. The predicted octanol–water partition coefficient (Wildman–Crippen LogP) is 1.50. The van der Waals surface area contributed by atoms with Crippen LogP contribution >= 0.6 is 0 Å². The van der Waals surface area contributed by atoms with Gasteiger partial charge in [-0.05, 0) is 51.0 Å². The summed E-state index contributed by atoms with van der Waals surface area (Å²) in [5, 5.41) is 2.58. The number of nitrogens with one attached hydrogen (secondary N) is 1. The number of ether oxygens (including phenoxy) is 2. The zero-order valence-corrected chi connectivity index (χ0v) is 19.5. The largest absolute Gasteiger partial charge is 0.494 e. The summed E-state index contributed by atoms with van der Waals surface area (Å²) >= 11 is 0. The van der Waals surface area contributed by atoms with Crippen LogP contribution in [0.1, 0.15) is 40.0 Å². The highest BCUT2D eigenvalue weighted by molar-refractivity contribution is 7.89. The minimum Gasteiger partial charge on any atom is -0.494 e. The molecule has 10 nitrogen and oxygen atoms in total. The second kappa shape index (κ2) is 9.07. The van der Waals surface area contributed by atoms with Gasteiger partial charge in [0.1, 0.15) is 17.3 Å². The molecule has 0 unspecified atom stereocenters. The van der Waals surface area contributed by atoms with Crippen molar-refractivity contribution in [3.05, 3.63) is 24.3 Å². The van der Waals surface area contributed by atoms with Crippen molar-refractivity contribution in [2.24, 2.45) is 0 Å². The molecule has 1 aromatic rings. The van der Waals surface area contributed by atoms with E-state index >= 15 is 0 Å². The molecule has 32 heavy (non-hydrogen) atoms. The number of imide groups is 1. The third kappa shape index (κ3) is 4.44. The summed E-state index contributed by atoms with van der Waals surface area (Å²) in [4.78, 5) is 38.5. The van der Waals surface area contributed by atoms with Crippen LogP contribution in [0.3, 0.4) is 0 Å². The van der Waals surface area contributed by atoms with Gasteiger partial charge in [-0.25, -0.2) is 13.2 Å². The lowest BCUT2D eigenvalue weighted by atomic mass is 10.1. The fourth-order valence-corrected chi connectivity index (χ4v) is 5.50. The molecule has 0 radical (unpaired) electrons. The van der Waals surface area contributed by atoms with Crippen LogP contribution < -0.4 is 10.1 Å². The van der Waals surface area contributed by atoms with Crippen LogP contribution in [0.25, 0.3) is 0 Å². The number of carbonyl (C=O) groups excluding carboxylic acids is 3. The molecule has 1 aromatic carbocycles. The molecular formula is C21H29N3O7S. The van der Waals surface area contributed by atoms with Gasteiger partial charge in [0.25, 0.3) is 5.91 Å². The molecule has 0 saturated carbocycles. The average molecular weight is 468 g/mol.